The maximum Gasteiger partial charge on any atom is 0.161 e. The van der Waals surface area contributed by atoms with Crippen LogP contribution in [0.25, 0.3) is 0 Å². The van der Waals surface area contributed by atoms with Gasteiger partial charge in [0.2, 0.25) is 0 Å². The van der Waals surface area contributed by atoms with Gasteiger partial charge in [-0.25, -0.2) is 0 Å². The quantitative estimate of drug-likeness (QED) is 0.393. The van der Waals surface area contributed by atoms with Crippen LogP contribution in [-0.4, -0.2) is 51.4 Å². The van der Waals surface area contributed by atoms with Crippen molar-refractivity contribution >= 4 is 0 Å². The van der Waals surface area contributed by atoms with Crippen molar-refractivity contribution in [2.45, 2.75) is 26.2 Å². The van der Waals surface area contributed by atoms with Crippen molar-refractivity contribution in [2.24, 2.45) is 0 Å². The summed E-state index contributed by atoms with van der Waals surface area (Å²) in [5.74, 6) is 1.33. The van der Waals surface area contributed by atoms with Gasteiger partial charge in [0.25, 0.3) is 0 Å². The minimum atomic E-state index is -0.0229. The SMILES string of the molecule is C=CCCCOCCOCCOc1cc(CC)ccc1OCCO. The first-order valence-electron chi connectivity index (χ1n) is 8.57. The number of benzene rings is 1. The third-order valence-corrected chi connectivity index (χ3v) is 3.32. The molecule has 0 bridgehead atoms. The van der Waals surface area contributed by atoms with E-state index >= 15 is 0 Å². The summed E-state index contributed by atoms with van der Waals surface area (Å²) in [5.41, 5.74) is 1.18. The Labute approximate surface area is 145 Å². The molecule has 24 heavy (non-hydrogen) atoms. The Morgan fingerprint density at radius 3 is 2.38 bits per heavy atom. The summed E-state index contributed by atoms with van der Waals surface area (Å²) >= 11 is 0. The van der Waals surface area contributed by atoms with E-state index in [9.17, 15) is 0 Å². The Balaban J connectivity index is 2.22. The monoisotopic (exact) mass is 338 g/mol. The first-order valence-corrected chi connectivity index (χ1v) is 8.57. The molecule has 0 aliphatic carbocycles. The van der Waals surface area contributed by atoms with E-state index in [1.165, 1.54) is 5.56 Å². The van der Waals surface area contributed by atoms with Crippen LogP contribution in [0.1, 0.15) is 25.3 Å². The first-order chi connectivity index (χ1) is 11.8. The second kappa shape index (κ2) is 13.8. The molecule has 136 valence electrons. The van der Waals surface area contributed by atoms with Crippen LogP contribution in [0.4, 0.5) is 0 Å². The molecular weight excluding hydrogens is 308 g/mol. The lowest BCUT2D eigenvalue weighted by Gasteiger charge is -2.13. The molecule has 0 spiro atoms. The van der Waals surface area contributed by atoms with Gasteiger partial charge in [0.05, 0.1) is 26.4 Å². The van der Waals surface area contributed by atoms with E-state index in [0.717, 1.165) is 25.9 Å². The van der Waals surface area contributed by atoms with Gasteiger partial charge in [-0.15, -0.1) is 6.58 Å². The molecule has 0 aliphatic rings. The van der Waals surface area contributed by atoms with Gasteiger partial charge in [-0.2, -0.15) is 0 Å². The molecule has 1 N–H and O–H groups in total. The lowest BCUT2D eigenvalue weighted by atomic mass is 10.1. The van der Waals surface area contributed by atoms with Crippen molar-refractivity contribution in [3.8, 4) is 11.5 Å². The van der Waals surface area contributed by atoms with Crippen molar-refractivity contribution in [3.05, 3.63) is 36.4 Å². The van der Waals surface area contributed by atoms with Gasteiger partial charge in [0.1, 0.15) is 13.2 Å². The van der Waals surface area contributed by atoms with Gasteiger partial charge in [-0.3, -0.25) is 0 Å². The summed E-state index contributed by atoms with van der Waals surface area (Å²) in [7, 11) is 0. The van der Waals surface area contributed by atoms with Crippen LogP contribution in [0.2, 0.25) is 0 Å². The van der Waals surface area contributed by atoms with Gasteiger partial charge in [-0.1, -0.05) is 19.1 Å². The Bertz CT molecular complexity index is 447. The van der Waals surface area contributed by atoms with Crippen LogP contribution in [0.15, 0.2) is 30.9 Å². The number of allylic oxidation sites excluding steroid dienone is 1. The molecule has 0 aromatic heterocycles. The smallest absolute Gasteiger partial charge is 0.161 e. The number of hydrogen-bond donors (Lipinski definition) is 1. The topological polar surface area (TPSA) is 57.2 Å². The van der Waals surface area contributed by atoms with E-state index in [-0.39, 0.29) is 13.2 Å². The highest BCUT2D eigenvalue weighted by molar-refractivity contribution is 5.43. The second-order valence-corrected chi connectivity index (χ2v) is 5.21. The molecule has 0 saturated heterocycles. The molecule has 5 nitrogen and oxygen atoms in total. The highest BCUT2D eigenvalue weighted by Gasteiger charge is 2.06. The lowest BCUT2D eigenvalue weighted by Crippen LogP contribution is -2.12. The zero-order valence-corrected chi connectivity index (χ0v) is 14.7. The van der Waals surface area contributed by atoms with Gasteiger partial charge in [0.15, 0.2) is 11.5 Å². The Morgan fingerprint density at radius 2 is 1.67 bits per heavy atom. The third-order valence-electron chi connectivity index (χ3n) is 3.32. The Kier molecular flexibility index (Phi) is 11.8. The average Bonchev–Trinajstić information content (AvgIpc) is 2.62. The average molecular weight is 338 g/mol. The van der Waals surface area contributed by atoms with E-state index < -0.39 is 0 Å². The predicted molar refractivity (Wildman–Crippen MR) is 95.0 cm³/mol. The Morgan fingerprint density at radius 1 is 0.958 bits per heavy atom. The fourth-order valence-corrected chi connectivity index (χ4v) is 2.02. The molecule has 0 aliphatic heterocycles. The summed E-state index contributed by atoms with van der Waals surface area (Å²) in [6.07, 6.45) is 4.79. The number of unbranched alkanes of at least 4 members (excludes halogenated alkanes) is 1. The van der Waals surface area contributed by atoms with Crippen LogP contribution < -0.4 is 9.47 Å². The van der Waals surface area contributed by atoms with Gasteiger partial charge in [-0.05, 0) is 37.0 Å². The molecule has 1 rings (SSSR count). The van der Waals surface area contributed by atoms with Crippen LogP contribution in [0, 0.1) is 0 Å². The number of ether oxygens (including phenoxy) is 4. The standard InChI is InChI=1S/C19H30O5/c1-3-5-6-10-21-12-13-22-14-15-24-19-16-17(4-2)7-8-18(19)23-11-9-20/h3,7-8,16,20H,1,4-6,9-15H2,2H3. The maximum absolute atomic E-state index is 8.88. The van der Waals surface area contributed by atoms with Crippen molar-refractivity contribution in [1.82, 2.24) is 0 Å². The Hall–Kier alpha value is -1.56. The summed E-state index contributed by atoms with van der Waals surface area (Å²) in [5, 5.41) is 8.88. The van der Waals surface area contributed by atoms with E-state index in [2.05, 4.69) is 13.5 Å². The zero-order valence-electron chi connectivity index (χ0n) is 14.7. The van der Waals surface area contributed by atoms with Crippen molar-refractivity contribution in [1.29, 1.82) is 0 Å². The fraction of sp³-hybridized carbons (Fsp3) is 0.579. The fourth-order valence-electron chi connectivity index (χ4n) is 2.02. The van der Waals surface area contributed by atoms with Gasteiger partial charge >= 0.3 is 0 Å². The van der Waals surface area contributed by atoms with Crippen LogP contribution in [0.5, 0.6) is 11.5 Å². The van der Waals surface area contributed by atoms with E-state index in [0.29, 0.717) is 37.9 Å². The van der Waals surface area contributed by atoms with Crippen LogP contribution in [0.3, 0.4) is 0 Å². The molecule has 0 radical (unpaired) electrons. The molecule has 1 aromatic rings. The molecule has 0 heterocycles. The van der Waals surface area contributed by atoms with Crippen molar-refractivity contribution in [3.63, 3.8) is 0 Å². The number of aliphatic hydroxyl groups is 1. The zero-order chi connectivity index (χ0) is 17.5. The summed E-state index contributed by atoms with van der Waals surface area (Å²) in [4.78, 5) is 0. The molecule has 5 heteroatoms. The minimum absolute atomic E-state index is 0.0229. The molecule has 0 fully saturated rings. The predicted octanol–water partition coefficient (Wildman–Crippen LogP) is 3.00. The summed E-state index contributed by atoms with van der Waals surface area (Å²) in [6, 6.07) is 5.84. The molecular formula is C19H30O5. The van der Waals surface area contributed by atoms with Crippen molar-refractivity contribution in [2.75, 3.05) is 46.2 Å². The molecule has 0 amide bonds. The third kappa shape index (κ3) is 8.91. The van der Waals surface area contributed by atoms with Crippen LogP contribution >= 0.6 is 0 Å². The molecule has 0 unspecified atom stereocenters. The maximum atomic E-state index is 8.88. The molecule has 0 atom stereocenters. The first kappa shape index (κ1) is 20.5. The molecule has 0 saturated carbocycles. The number of aryl methyl sites for hydroxylation is 1. The van der Waals surface area contributed by atoms with Gasteiger partial charge < -0.3 is 24.1 Å². The number of rotatable bonds is 15. The second-order valence-electron chi connectivity index (χ2n) is 5.21. The lowest BCUT2D eigenvalue weighted by molar-refractivity contribution is 0.0354. The highest BCUT2D eigenvalue weighted by Crippen LogP contribution is 2.28. The van der Waals surface area contributed by atoms with Crippen LogP contribution in [-0.2, 0) is 15.9 Å². The van der Waals surface area contributed by atoms with Gasteiger partial charge in [0, 0.05) is 6.61 Å². The number of aliphatic hydroxyl groups excluding tert-OH is 1. The minimum Gasteiger partial charge on any atom is -0.487 e. The normalized spacial score (nSPS) is 10.6. The molecule has 1 aromatic carbocycles. The number of hydrogen-bond acceptors (Lipinski definition) is 5. The largest absolute Gasteiger partial charge is 0.487 e. The highest BCUT2D eigenvalue weighted by atomic mass is 16.6. The summed E-state index contributed by atoms with van der Waals surface area (Å²) < 4.78 is 22.2. The van der Waals surface area contributed by atoms with E-state index in [1.807, 2.05) is 24.3 Å². The summed E-state index contributed by atoms with van der Waals surface area (Å²) in [6.45, 7) is 8.81. The van der Waals surface area contributed by atoms with E-state index in [1.54, 1.807) is 0 Å². The van der Waals surface area contributed by atoms with E-state index in [4.69, 9.17) is 24.1 Å². The van der Waals surface area contributed by atoms with Crippen molar-refractivity contribution < 1.29 is 24.1 Å².